The minimum atomic E-state index is -4.57. The van der Waals surface area contributed by atoms with Crippen LogP contribution in [-0.4, -0.2) is 36.6 Å². The van der Waals surface area contributed by atoms with Gasteiger partial charge in [0.15, 0.2) is 9.84 Å². The Morgan fingerprint density at radius 3 is 2.44 bits per heavy atom. The van der Waals surface area contributed by atoms with Crippen molar-refractivity contribution >= 4 is 15.7 Å². The first-order valence-electron chi connectivity index (χ1n) is 8.04. The molecule has 0 saturated carbocycles. The highest BCUT2D eigenvalue weighted by Gasteiger charge is 2.33. The van der Waals surface area contributed by atoms with Gasteiger partial charge < -0.3 is 5.32 Å². The van der Waals surface area contributed by atoms with E-state index in [4.69, 9.17) is 0 Å². The predicted octanol–water partition coefficient (Wildman–Crippen LogP) is 2.33. The lowest BCUT2D eigenvalue weighted by molar-refractivity contribution is -0.141. The van der Waals surface area contributed by atoms with Crippen molar-refractivity contribution in [1.82, 2.24) is 15.3 Å². The molecule has 0 radical (unpaired) electrons. The summed E-state index contributed by atoms with van der Waals surface area (Å²) in [7, 11) is -3.57. The van der Waals surface area contributed by atoms with Crippen LogP contribution < -0.4 is 5.32 Å². The van der Waals surface area contributed by atoms with Crippen LogP contribution in [0.15, 0.2) is 41.3 Å². The molecular formula is C17H18F3N3O3S. The van der Waals surface area contributed by atoms with E-state index in [9.17, 15) is 26.4 Å². The number of rotatable bonds is 7. The van der Waals surface area contributed by atoms with Gasteiger partial charge in [0, 0.05) is 25.1 Å². The van der Waals surface area contributed by atoms with E-state index < -0.39 is 27.6 Å². The number of carbonyl (C=O) groups is 1. The molecule has 1 heterocycles. The summed E-state index contributed by atoms with van der Waals surface area (Å²) in [6.07, 6.45) is -4.82. The summed E-state index contributed by atoms with van der Waals surface area (Å²) < 4.78 is 62.4. The fourth-order valence-electron chi connectivity index (χ4n) is 2.26. The summed E-state index contributed by atoms with van der Waals surface area (Å²) in [6, 6.07) is 8.59. The van der Waals surface area contributed by atoms with E-state index in [2.05, 4.69) is 15.3 Å². The molecule has 1 aromatic carbocycles. The van der Waals surface area contributed by atoms with Gasteiger partial charge in [0.05, 0.1) is 10.6 Å². The van der Waals surface area contributed by atoms with Crippen molar-refractivity contribution in [2.45, 2.75) is 30.8 Å². The molecule has 0 aliphatic rings. The molecule has 146 valence electrons. The zero-order valence-electron chi connectivity index (χ0n) is 14.5. The van der Waals surface area contributed by atoms with Gasteiger partial charge in [-0.2, -0.15) is 13.2 Å². The van der Waals surface area contributed by atoms with Gasteiger partial charge in [-0.1, -0.05) is 18.2 Å². The predicted molar refractivity (Wildman–Crippen MR) is 91.6 cm³/mol. The maximum Gasteiger partial charge on any atom is 0.433 e. The summed E-state index contributed by atoms with van der Waals surface area (Å²) in [6.45, 7) is 1.43. The molecule has 10 heteroatoms. The number of hydrogen-bond acceptors (Lipinski definition) is 5. The fraction of sp³-hybridized carbons (Fsp3) is 0.353. The molecule has 27 heavy (non-hydrogen) atoms. The highest BCUT2D eigenvalue weighted by atomic mass is 32.2. The van der Waals surface area contributed by atoms with Gasteiger partial charge in [0.2, 0.25) is 5.91 Å². The molecule has 0 unspecified atom stereocenters. The maximum absolute atomic E-state index is 12.7. The Morgan fingerprint density at radius 2 is 1.81 bits per heavy atom. The summed E-state index contributed by atoms with van der Waals surface area (Å²) in [5, 5.41) is 2.47. The Bertz CT molecular complexity index is 901. The highest BCUT2D eigenvalue weighted by molar-refractivity contribution is 7.91. The largest absolute Gasteiger partial charge is 0.433 e. The second-order valence-electron chi connectivity index (χ2n) is 5.79. The van der Waals surface area contributed by atoms with Crippen molar-refractivity contribution in [2.24, 2.45) is 0 Å². The fourth-order valence-corrected chi connectivity index (χ4v) is 3.52. The van der Waals surface area contributed by atoms with Gasteiger partial charge in [-0.05, 0) is 25.1 Å². The molecular weight excluding hydrogens is 383 g/mol. The Hall–Kier alpha value is -2.49. The van der Waals surface area contributed by atoms with Crippen LogP contribution in [0.25, 0.3) is 0 Å². The van der Waals surface area contributed by atoms with Crippen molar-refractivity contribution in [3.8, 4) is 0 Å². The molecule has 0 aliphatic carbocycles. The number of aryl methyl sites for hydroxylation is 1. The average Bonchev–Trinajstić information content (AvgIpc) is 2.60. The summed E-state index contributed by atoms with van der Waals surface area (Å²) in [5.74, 6) is -0.917. The van der Waals surface area contributed by atoms with Gasteiger partial charge in [-0.3, -0.25) is 4.79 Å². The Labute approximate surface area is 154 Å². The van der Waals surface area contributed by atoms with Gasteiger partial charge >= 0.3 is 6.18 Å². The van der Waals surface area contributed by atoms with Crippen LogP contribution in [0.4, 0.5) is 13.2 Å². The third kappa shape index (κ3) is 6.31. The number of sulfone groups is 1. The third-order valence-electron chi connectivity index (χ3n) is 3.56. The van der Waals surface area contributed by atoms with E-state index in [0.717, 1.165) is 6.07 Å². The van der Waals surface area contributed by atoms with Gasteiger partial charge in [0.1, 0.15) is 11.5 Å². The van der Waals surface area contributed by atoms with Crippen LogP contribution >= 0.6 is 0 Å². The molecule has 2 aromatic rings. The van der Waals surface area contributed by atoms with Gasteiger partial charge in [-0.25, -0.2) is 18.4 Å². The lowest BCUT2D eigenvalue weighted by atomic mass is 10.3. The van der Waals surface area contributed by atoms with Crippen LogP contribution in [0.5, 0.6) is 0 Å². The van der Waals surface area contributed by atoms with Crippen molar-refractivity contribution in [2.75, 3.05) is 12.3 Å². The van der Waals surface area contributed by atoms with E-state index in [-0.39, 0.29) is 41.6 Å². The first kappa shape index (κ1) is 20.8. The number of amides is 1. The SMILES string of the molecule is Cc1cc(C(F)(F)F)nc(CCNC(=O)CCS(=O)(=O)c2ccccc2)n1. The lowest BCUT2D eigenvalue weighted by Crippen LogP contribution is -2.28. The first-order valence-corrected chi connectivity index (χ1v) is 9.69. The highest BCUT2D eigenvalue weighted by Crippen LogP contribution is 2.27. The molecule has 0 saturated heterocycles. The van der Waals surface area contributed by atoms with E-state index >= 15 is 0 Å². The van der Waals surface area contributed by atoms with Crippen molar-refractivity contribution in [3.63, 3.8) is 0 Å². The third-order valence-corrected chi connectivity index (χ3v) is 5.29. The van der Waals surface area contributed by atoms with Crippen molar-refractivity contribution < 1.29 is 26.4 Å². The Balaban J connectivity index is 1.86. The summed E-state index contributed by atoms with van der Waals surface area (Å²) >= 11 is 0. The number of nitrogens with zero attached hydrogens (tertiary/aromatic N) is 2. The van der Waals surface area contributed by atoms with Crippen LogP contribution in [0.1, 0.15) is 23.6 Å². The number of nitrogens with one attached hydrogen (secondary N) is 1. The molecule has 1 aromatic heterocycles. The minimum Gasteiger partial charge on any atom is -0.356 e. The number of hydrogen-bond donors (Lipinski definition) is 1. The molecule has 0 spiro atoms. The molecule has 1 N–H and O–H groups in total. The van der Waals surface area contributed by atoms with E-state index in [1.54, 1.807) is 18.2 Å². The van der Waals surface area contributed by atoms with Crippen LogP contribution in [0, 0.1) is 6.92 Å². The van der Waals surface area contributed by atoms with Crippen molar-refractivity contribution in [1.29, 1.82) is 0 Å². The van der Waals surface area contributed by atoms with E-state index in [1.165, 1.54) is 19.1 Å². The van der Waals surface area contributed by atoms with Gasteiger partial charge in [0.25, 0.3) is 0 Å². The molecule has 6 nitrogen and oxygen atoms in total. The normalized spacial score (nSPS) is 12.0. The monoisotopic (exact) mass is 401 g/mol. The Morgan fingerprint density at radius 1 is 1.15 bits per heavy atom. The van der Waals surface area contributed by atoms with Crippen LogP contribution in [0.3, 0.4) is 0 Å². The van der Waals surface area contributed by atoms with E-state index in [1.807, 2.05) is 0 Å². The first-order chi connectivity index (χ1) is 12.6. The topological polar surface area (TPSA) is 89.0 Å². The number of benzene rings is 1. The summed E-state index contributed by atoms with van der Waals surface area (Å²) in [4.78, 5) is 19.3. The zero-order valence-corrected chi connectivity index (χ0v) is 15.3. The smallest absolute Gasteiger partial charge is 0.356 e. The maximum atomic E-state index is 12.7. The number of alkyl halides is 3. The number of halogens is 3. The second kappa shape index (κ2) is 8.47. The molecule has 0 bridgehead atoms. The molecule has 0 atom stereocenters. The quantitative estimate of drug-likeness (QED) is 0.769. The van der Waals surface area contributed by atoms with Crippen LogP contribution in [0.2, 0.25) is 0 Å². The number of aromatic nitrogens is 2. The zero-order chi connectivity index (χ0) is 20.1. The molecule has 2 rings (SSSR count). The van der Waals surface area contributed by atoms with Gasteiger partial charge in [-0.15, -0.1) is 0 Å². The summed E-state index contributed by atoms with van der Waals surface area (Å²) in [5.41, 5.74) is -0.863. The average molecular weight is 401 g/mol. The lowest BCUT2D eigenvalue weighted by Gasteiger charge is -2.09. The molecule has 0 fully saturated rings. The Kier molecular flexibility index (Phi) is 6.53. The van der Waals surface area contributed by atoms with E-state index in [0.29, 0.717) is 0 Å². The molecule has 0 aliphatic heterocycles. The molecule has 1 amide bonds. The standard InChI is InChI=1S/C17H18F3N3O3S/c1-12-11-14(17(18,19)20)23-15(22-12)7-9-21-16(24)8-10-27(25,26)13-5-3-2-4-6-13/h2-6,11H,7-10H2,1H3,(H,21,24). The minimum absolute atomic E-state index is 0.00192. The van der Waals surface area contributed by atoms with Crippen LogP contribution in [-0.2, 0) is 27.2 Å². The second-order valence-corrected chi connectivity index (χ2v) is 7.90. The number of carbonyl (C=O) groups excluding carboxylic acids is 1. The van der Waals surface area contributed by atoms with Crippen molar-refractivity contribution in [3.05, 3.63) is 53.6 Å².